The van der Waals surface area contributed by atoms with Crippen LogP contribution in [0.15, 0.2) is 6.07 Å². The SMILES string of the molecule is CCOC(=O)[C@@]1(CC)C[C@H]2CC[C@@H]1N2C(=O)c1cc2n(n1)CCN(C)C2=O. The third kappa shape index (κ3) is 2.49. The van der Waals surface area contributed by atoms with Gasteiger partial charge in [-0.15, -0.1) is 0 Å². The minimum atomic E-state index is -0.621. The Bertz CT molecular complexity index is 804. The number of likely N-dealkylation sites (N-methyl/N-ethyl adjacent to an activating group) is 1. The molecule has 0 aromatic carbocycles. The predicted molar refractivity (Wildman–Crippen MR) is 96.1 cm³/mol. The van der Waals surface area contributed by atoms with Crippen molar-refractivity contribution in [3.05, 3.63) is 17.5 Å². The zero-order valence-electron chi connectivity index (χ0n) is 16.1. The van der Waals surface area contributed by atoms with E-state index in [1.807, 2.05) is 11.8 Å². The molecular weight excluding hydrogens is 348 g/mol. The first kappa shape index (κ1) is 18.0. The third-order valence-electron chi connectivity index (χ3n) is 6.50. The highest BCUT2D eigenvalue weighted by Crippen LogP contribution is 2.52. The fraction of sp³-hybridized carbons (Fsp3) is 0.684. The van der Waals surface area contributed by atoms with E-state index in [0.717, 1.165) is 12.8 Å². The molecule has 2 saturated heterocycles. The second-order valence-corrected chi connectivity index (χ2v) is 7.76. The number of hydrogen-bond donors (Lipinski definition) is 0. The van der Waals surface area contributed by atoms with Crippen molar-refractivity contribution in [2.45, 2.75) is 58.2 Å². The van der Waals surface area contributed by atoms with E-state index in [2.05, 4.69) is 5.10 Å². The minimum Gasteiger partial charge on any atom is -0.466 e. The maximum absolute atomic E-state index is 13.3. The van der Waals surface area contributed by atoms with Gasteiger partial charge in [0.2, 0.25) is 0 Å². The van der Waals surface area contributed by atoms with Crippen molar-refractivity contribution in [3.8, 4) is 0 Å². The Morgan fingerprint density at radius 3 is 2.78 bits per heavy atom. The molecule has 0 radical (unpaired) electrons. The molecule has 0 unspecified atom stereocenters. The summed E-state index contributed by atoms with van der Waals surface area (Å²) in [6, 6.07) is 1.47. The number of rotatable bonds is 4. The van der Waals surface area contributed by atoms with Gasteiger partial charge in [-0.2, -0.15) is 5.10 Å². The fourth-order valence-electron chi connectivity index (χ4n) is 5.05. The van der Waals surface area contributed by atoms with Crippen LogP contribution in [-0.4, -0.2) is 69.6 Å². The summed E-state index contributed by atoms with van der Waals surface area (Å²) < 4.78 is 6.97. The maximum atomic E-state index is 13.3. The molecule has 1 aromatic heterocycles. The lowest BCUT2D eigenvalue weighted by atomic mass is 9.72. The Morgan fingerprint density at radius 2 is 2.07 bits per heavy atom. The van der Waals surface area contributed by atoms with Crippen LogP contribution in [0.1, 0.15) is 60.5 Å². The van der Waals surface area contributed by atoms with Crippen LogP contribution in [0.3, 0.4) is 0 Å². The largest absolute Gasteiger partial charge is 0.466 e. The second kappa shape index (κ2) is 6.35. The molecule has 0 spiro atoms. The van der Waals surface area contributed by atoms with E-state index in [1.54, 1.807) is 29.6 Å². The average Bonchev–Trinajstić information content (AvgIpc) is 3.36. The number of carbonyl (C=O) groups is 3. The van der Waals surface area contributed by atoms with Crippen LogP contribution in [0.4, 0.5) is 0 Å². The Hall–Kier alpha value is -2.38. The number of nitrogens with zero attached hydrogens (tertiary/aromatic N) is 4. The van der Waals surface area contributed by atoms with Gasteiger partial charge in [0.05, 0.1) is 18.6 Å². The van der Waals surface area contributed by atoms with Gasteiger partial charge < -0.3 is 14.5 Å². The van der Waals surface area contributed by atoms with Crippen LogP contribution < -0.4 is 0 Å². The molecule has 2 amide bonds. The quantitative estimate of drug-likeness (QED) is 0.742. The van der Waals surface area contributed by atoms with Gasteiger partial charge in [-0.25, -0.2) is 0 Å². The molecule has 0 aliphatic carbocycles. The zero-order valence-corrected chi connectivity index (χ0v) is 16.1. The first-order chi connectivity index (χ1) is 12.9. The van der Waals surface area contributed by atoms with Gasteiger partial charge in [0.1, 0.15) is 5.69 Å². The summed E-state index contributed by atoms with van der Waals surface area (Å²) in [5, 5.41) is 4.39. The summed E-state index contributed by atoms with van der Waals surface area (Å²) >= 11 is 0. The van der Waals surface area contributed by atoms with Crippen molar-refractivity contribution < 1.29 is 19.1 Å². The molecule has 3 aliphatic heterocycles. The Labute approximate surface area is 158 Å². The third-order valence-corrected chi connectivity index (χ3v) is 6.50. The molecule has 146 valence electrons. The first-order valence-corrected chi connectivity index (χ1v) is 9.76. The summed E-state index contributed by atoms with van der Waals surface area (Å²) in [4.78, 5) is 41.7. The molecule has 27 heavy (non-hydrogen) atoms. The van der Waals surface area contributed by atoms with Crippen molar-refractivity contribution in [1.82, 2.24) is 19.6 Å². The number of esters is 1. The normalized spacial score (nSPS) is 29.2. The number of ether oxygens (including phenoxy) is 1. The lowest BCUT2D eigenvalue weighted by Gasteiger charge is -2.33. The van der Waals surface area contributed by atoms with Crippen LogP contribution in [0, 0.1) is 5.41 Å². The molecule has 8 nitrogen and oxygen atoms in total. The number of carbonyl (C=O) groups excluding carboxylic acids is 3. The van der Waals surface area contributed by atoms with E-state index < -0.39 is 5.41 Å². The summed E-state index contributed by atoms with van der Waals surface area (Å²) in [5.41, 5.74) is 0.122. The van der Waals surface area contributed by atoms with Gasteiger partial charge in [-0.3, -0.25) is 19.1 Å². The Balaban J connectivity index is 1.63. The second-order valence-electron chi connectivity index (χ2n) is 7.76. The smallest absolute Gasteiger partial charge is 0.314 e. The molecular formula is C19H26N4O4. The van der Waals surface area contributed by atoms with Crippen molar-refractivity contribution in [1.29, 1.82) is 0 Å². The monoisotopic (exact) mass is 374 g/mol. The summed E-state index contributed by atoms with van der Waals surface area (Å²) in [6.45, 7) is 5.30. The summed E-state index contributed by atoms with van der Waals surface area (Å²) in [7, 11) is 1.75. The maximum Gasteiger partial charge on any atom is 0.314 e. The van der Waals surface area contributed by atoms with Crippen LogP contribution >= 0.6 is 0 Å². The first-order valence-electron chi connectivity index (χ1n) is 9.76. The molecule has 4 rings (SSSR count). The topological polar surface area (TPSA) is 84.7 Å². The van der Waals surface area contributed by atoms with Gasteiger partial charge in [0.15, 0.2) is 5.69 Å². The van der Waals surface area contributed by atoms with E-state index in [-0.39, 0.29) is 29.9 Å². The van der Waals surface area contributed by atoms with Crippen LogP contribution in [0.5, 0.6) is 0 Å². The molecule has 1 aromatic rings. The molecule has 3 atom stereocenters. The molecule has 2 bridgehead atoms. The van der Waals surface area contributed by atoms with Gasteiger partial charge >= 0.3 is 5.97 Å². The molecule has 2 fully saturated rings. The summed E-state index contributed by atoms with van der Waals surface area (Å²) in [6.07, 6.45) is 3.00. The highest BCUT2D eigenvalue weighted by Gasteiger charge is 2.61. The van der Waals surface area contributed by atoms with Crippen LogP contribution in [-0.2, 0) is 16.1 Å². The van der Waals surface area contributed by atoms with Gasteiger partial charge in [-0.1, -0.05) is 6.92 Å². The van der Waals surface area contributed by atoms with E-state index in [9.17, 15) is 14.4 Å². The summed E-state index contributed by atoms with van der Waals surface area (Å²) in [5.74, 6) is -0.496. The van der Waals surface area contributed by atoms with E-state index >= 15 is 0 Å². The lowest BCUT2D eigenvalue weighted by Crippen LogP contribution is -2.45. The van der Waals surface area contributed by atoms with Crippen molar-refractivity contribution in [2.24, 2.45) is 5.41 Å². The standard InChI is InChI=1S/C19H26N4O4/c1-4-19(18(26)27-5-2)11-12-6-7-15(19)23(12)16(24)13-10-14-17(25)21(3)8-9-22(14)20-13/h10,12,15H,4-9,11H2,1-3H3/t12-,15+,19+/m1/s1. The van der Waals surface area contributed by atoms with Gasteiger partial charge in [-0.05, 0) is 32.6 Å². The van der Waals surface area contributed by atoms with Crippen molar-refractivity contribution in [3.63, 3.8) is 0 Å². The number of aromatic nitrogens is 2. The van der Waals surface area contributed by atoms with E-state index in [1.165, 1.54) is 0 Å². The van der Waals surface area contributed by atoms with E-state index in [0.29, 0.717) is 43.9 Å². The molecule has 4 heterocycles. The lowest BCUT2D eigenvalue weighted by molar-refractivity contribution is -0.157. The molecule has 0 saturated carbocycles. The fourth-order valence-corrected chi connectivity index (χ4v) is 5.05. The Kier molecular flexibility index (Phi) is 4.24. The van der Waals surface area contributed by atoms with Gasteiger partial charge in [0, 0.05) is 31.7 Å². The number of hydrogen-bond acceptors (Lipinski definition) is 5. The predicted octanol–water partition coefficient (Wildman–Crippen LogP) is 1.31. The van der Waals surface area contributed by atoms with Crippen LogP contribution in [0.25, 0.3) is 0 Å². The van der Waals surface area contributed by atoms with Gasteiger partial charge in [0.25, 0.3) is 11.8 Å². The molecule has 0 N–H and O–H groups in total. The molecule has 3 aliphatic rings. The average molecular weight is 374 g/mol. The number of amides is 2. The Morgan fingerprint density at radius 1 is 1.30 bits per heavy atom. The highest BCUT2D eigenvalue weighted by molar-refractivity contribution is 5.99. The zero-order chi connectivity index (χ0) is 19.3. The molecule has 8 heteroatoms. The van der Waals surface area contributed by atoms with Crippen LogP contribution in [0.2, 0.25) is 0 Å². The van der Waals surface area contributed by atoms with Crippen molar-refractivity contribution in [2.75, 3.05) is 20.2 Å². The van der Waals surface area contributed by atoms with E-state index in [4.69, 9.17) is 4.74 Å². The van der Waals surface area contributed by atoms with Crippen molar-refractivity contribution >= 4 is 17.8 Å². The number of fused-ring (bicyclic) bond motifs is 3. The highest BCUT2D eigenvalue weighted by atomic mass is 16.5. The minimum absolute atomic E-state index is 0.0314.